The average molecular weight is 353 g/mol. The van der Waals surface area contributed by atoms with Crippen molar-refractivity contribution in [3.05, 3.63) is 22.4 Å². The number of piperidine rings is 1. The van der Waals surface area contributed by atoms with Gasteiger partial charge in [0.05, 0.1) is 0 Å². The summed E-state index contributed by atoms with van der Waals surface area (Å²) in [7, 11) is 0. The molecule has 1 aliphatic rings. The quantitative estimate of drug-likeness (QED) is 0.874. The molecule has 1 aliphatic heterocycles. The van der Waals surface area contributed by atoms with Crippen LogP contribution < -0.4 is 10.6 Å². The van der Waals surface area contributed by atoms with Crippen LogP contribution in [0.1, 0.15) is 38.5 Å². The van der Waals surface area contributed by atoms with E-state index in [0.29, 0.717) is 13.1 Å². The van der Waals surface area contributed by atoms with E-state index in [9.17, 15) is 9.59 Å². The van der Waals surface area contributed by atoms with Crippen molar-refractivity contribution in [3.8, 4) is 0 Å². The number of carbonyl (C=O) groups is 2. The van der Waals surface area contributed by atoms with Crippen molar-refractivity contribution in [1.29, 1.82) is 0 Å². The molecule has 0 bridgehead atoms. The summed E-state index contributed by atoms with van der Waals surface area (Å²) in [4.78, 5) is 27.1. The zero-order valence-electron chi connectivity index (χ0n) is 14.6. The third-order valence-electron chi connectivity index (χ3n) is 3.66. The maximum Gasteiger partial charge on any atom is 0.407 e. The van der Waals surface area contributed by atoms with Gasteiger partial charge in [-0.2, -0.15) is 0 Å². The Hall–Kier alpha value is -1.76. The highest BCUT2D eigenvalue weighted by Gasteiger charge is 2.26. The fraction of sp³-hybridized carbons (Fsp3) is 0.647. The van der Waals surface area contributed by atoms with E-state index < -0.39 is 11.7 Å². The second-order valence-corrected chi connectivity index (χ2v) is 8.02. The average Bonchev–Trinajstić information content (AvgIpc) is 2.98. The Labute approximate surface area is 147 Å². The summed E-state index contributed by atoms with van der Waals surface area (Å²) in [5.41, 5.74) is -0.516. The van der Waals surface area contributed by atoms with Gasteiger partial charge in [-0.25, -0.2) is 9.59 Å². The van der Waals surface area contributed by atoms with Crippen molar-refractivity contribution in [2.45, 2.75) is 51.7 Å². The number of nitrogens with zero attached hydrogens (tertiary/aromatic N) is 1. The van der Waals surface area contributed by atoms with Crippen LogP contribution in [-0.2, 0) is 11.2 Å². The van der Waals surface area contributed by atoms with Gasteiger partial charge in [-0.3, -0.25) is 0 Å². The van der Waals surface area contributed by atoms with E-state index in [1.807, 2.05) is 32.2 Å². The van der Waals surface area contributed by atoms with Gasteiger partial charge in [-0.05, 0) is 51.5 Å². The lowest BCUT2D eigenvalue weighted by Gasteiger charge is -2.33. The Bertz CT molecular complexity index is 540. The maximum absolute atomic E-state index is 12.3. The smallest absolute Gasteiger partial charge is 0.407 e. The van der Waals surface area contributed by atoms with Crippen LogP contribution in [0, 0.1) is 0 Å². The van der Waals surface area contributed by atoms with Gasteiger partial charge in [0, 0.05) is 30.6 Å². The summed E-state index contributed by atoms with van der Waals surface area (Å²) >= 11 is 1.70. The molecular formula is C17H27N3O3S. The van der Waals surface area contributed by atoms with Crippen molar-refractivity contribution < 1.29 is 14.3 Å². The lowest BCUT2D eigenvalue weighted by molar-refractivity contribution is 0.0479. The summed E-state index contributed by atoms with van der Waals surface area (Å²) in [5.74, 6) is 0. The van der Waals surface area contributed by atoms with Crippen LogP contribution in [0.25, 0.3) is 0 Å². The number of carbonyl (C=O) groups excluding carboxylic acids is 2. The summed E-state index contributed by atoms with van der Waals surface area (Å²) in [6.07, 6.45) is 2.15. The number of ether oxygens (including phenoxy) is 1. The van der Waals surface area contributed by atoms with Crippen LogP contribution in [0.15, 0.2) is 17.5 Å². The molecule has 7 heteroatoms. The van der Waals surface area contributed by atoms with Crippen molar-refractivity contribution in [3.63, 3.8) is 0 Å². The molecule has 0 saturated carbocycles. The van der Waals surface area contributed by atoms with Crippen LogP contribution in [0.2, 0.25) is 0 Å². The number of likely N-dealkylation sites (tertiary alicyclic amines) is 1. The van der Waals surface area contributed by atoms with Crippen LogP contribution in [0.4, 0.5) is 9.59 Å². The molecule has 0 aromatic carbocycles. The Morgan fingerprint density at radius 3 is 2.88 bits per heavy atom. The second kappa shape index (κ2) is 8.37. The molecule has 0 spiro atoms. The number of alkyl carbamates (subject to hydrolysis) is 1. The van der Waals surface area contributed by atoms with Crippen LogP contribution in [0.5, 0.6) is 0 Å². The van der Waals surface area contributed by atoms with E-state index in [2.05, 4.69) is 16.7 Å². The third-order valence-corrected chi connectivity index (χ3v) is 4.59. The van der Waals surface area contributed by atoms with Gasteiger partial charge in [-0.1, -0.05) is 6.07 Å². The zero-order chi connectivity index (χ0) is 17.6. The van der Waals surface area contributed by atoms with Gasteiger partial charge in [0.25, 0.3) is 0 Å². The number of hydrogen-bond donors (Lipinski definition) is 2. The Morgan fingerprint density at radius 1 is 1.42 bits per heavy atom. The van der Waals surface area contributed by atoms with Crippen LogP contribution >= 0.6 is 11.3 Å². The fourth-order valence-electron chi connectivity index (χ4n) is 2.61. The molecule has 6 nitrogen and oxygen atoms in total. The minimum atomic E-state index is -0.516. The third kappa shape index (κ3) is 6.39. The molecule has 24 heavy (non-hydrogen) atoms. The van der Waals surface area contributed by atoms with E-state index in [1.54, 1.807) is 16.2 Å². The molecule has 1 aromatic heterocycles. The molecular weight excluding hydrogens is 326 g/mol. The van der Waals surface area contributed by atoms with Gasteiger partial charge in [-0.15, -0.1) is 11.3 Å². The maximum atomic E-state index is 12.3. The second-order valence-electron chi connectivity index (χ2n) is 6.99. The zero-order valence-corrected chi connectivity index (χ0v) is 15.4. The van der Waals surface area contributed by atoms with Gasteiger partial charge in [0.15, 0.2) is 0 Å². The SMILES string of the molecule is CC(C)(C)OC(=O)NC1CCCN(C(=O)NCCc2cccs2)C1. The van der Waals surface area contributed by atoms with Gasteiger partial charge < -0.3 is 20.3 Å². The largest absolute Gasteiger partial charge is 0.444 e. The Balaban J connectivity index is 1.73. The van der Waals surface area contributed by atoms with Gasteiger partial charge in [0.2, 0.25) is 0 Å². The molecule has 1 aromatic rings. The Morgan fingerprint density at radius 2 is 2.21 bits per heavy atom. The molecule has 0 radical (unpaired) electrons. The van der Waals surface area contributed by atoms with Crippen molar-refractivity contribution in [1.82, 2.24) is 15.5 Å². The van der Waals surface area contributed by atoms with E-state index in [4.69, 9.17) is 4.74 Å². The Kier molecular flexibility index (Phi) is 6.48. The topological polar surface area (TPSA) is 70.7 Å². The number of thiophene rings is 1. The number of amides is 3. The molecule has 134 valence electrons. The molecule has 1 fully saturated rings. The normalized spacial score (nSPS) is 18.1. The molecule has 1 saturated heterocycles. The lowest BCUT2D eigenvalue weighted by Crippen LogP contribution is -2.53. The van der Waals surface area contributed by atoms with Crippen LogP contribution in [0.3, 0.4) is 0 Å². The highest BCUT2D eigenvalue weighted by molar-refractivity contribution is 7.09. The highest BCUT2D eigenvalue weighted by atomic mass is 32.1. The monoisotopic (exact) mass is 353 g/mol. The number of urea groups is 1. The van der Waals surface area contributed by atoms with Crippen molar-refractivity contribution >= 4 is 23.5 Å². The summed E-state index contributed by atoms with van der Waals surface area (Å²) < 4.78 is 5.27. The van der Waals surface area contributed by atoms with Gasteiger partial charge in [0.1, 0.15) is 5.60 Å². The van der Waals surface area contributed by atoms with Gasteiger partial charge >= 0.3 is 12.1 Å². The first-order valence-corrected chi connectivity index (χ1v) is 9.26. The predicted octanol–water partition coefficient (Wildman–Crippen LogP) is 2.99. The fourth-order valence-corrected chi connectivity index (χ4v) is 3.32. The summed E-state index contributed by atoms with van der Waals surface area (Å²) in [5, 5.41) is 7.85. The minimum absolute atomic E-state index is 0.0587. The molecule has 1 unspecified atom stereocenters. The molecule has 0 aliphatic carbocycles. The highest BCUT2D eigenvalue weighted by Crippen LogP contribution is 2.13. The summed E-state index contributed by atoms with van der Waals surface area (Å²) in [6, 6.07) is 3.96. The van der Waals surface area contributed by atoms with E-state index in [-0.39, 0.29) is 12.1 Å². The van der Waals surface area contributed by atoms with E-state index >= 15 is 0 Å². The predicted molar refractivity (Wildman–Crippen MR) is 95.4 cm³/mol. The molecule has 2 rings (SSSR count). The van der Waals surface area contributed by atoms with Crippen molar-refractivity contribution in [2.24, 2.45) is 0 Å². The first-order chi connectivity index (χ1) is 11.3. The first kappa shape index (κ1) is 18.6. The number of rotatable bonds is 4. The number of hydrogen-bond acceptors (Lipinski definition) is 4. The standard InChI is InChI=1S/C17H27N3O3S/c1-17(2,3)23-16(22)19-13-6-4-10-20(12-13)15(21)18-9-8-14-7-5-11-24-14/h5,7,11,13H,4,6,8-10,12H2,1-3H3,(H,18,21)(H,19,22). The lowest BCUT2D eigenvalue weighted by atomic mass is 10.1. The van der Waals surface area contributed by atoms with Crippen molar-refractivity contribution in [2.75, 3.05) is 19.6 Å². The molecule has 2 heterocycles. The van der Waals surface area contributed by atoms with E-state index in [1.165, 1.54) is 4.88 Å². The molecule has 1 atom stereocenters. The van der Waals surface area contributed by atoms with E-state index in [0.717, 1.165) is 25.8 Å². The molecule has 2 N–H and O–H groups in total. The first-order valence-electron chi connectivity index (χ1n) is 8.38. The number of nitrogens with one attached hydrogen (secondary N) is 2. The van der Waals surface area contributed by atoms with Crippen LogP contribution in [-0.4, -0.2) is 48.3 Å². The summed E-state index contributed by atoms with van der Waals surface area (Å²) in [6.45, 7) is 7.36. The molecule has 3 amide bonds. The minimum Gasteiger partial charge on any atom is -0.444 e.